The van der Waals surface area contributed by atoms with Crippen molar-refractivity contribution in [2.24, 2.45) is 0 Å². The number of hydrogen-bond acceptors (Lipinski definition) is 5. The van der Waals surface area contributed by atoms with E-state index >= 15 is 0 Å². The Morgan fingerprint density at radius 1 is 1.04 bits per heavy atom. The van der Waals surface area contributed by atoms with Gasteiger partial charge in [0, 0.05) is 13.2 Å². The molecule has 1 amide bonds. The molecule has 1 aromatic rings. The first-order valence-electron chi connectivity index (χ1n) is 8.19. The molecule has 0 aromatic heterocycles. The summed E-state index contributed by atoms with van der Waals surface area (Å²) >= 11 is 5.68. The molecule has 0 aliphatic carbocycles. The van der Waals surface area contributed by atoms with Crippen LogP contribution >= 0.6 is 11.8 Å². The Labute approximate surface area is 148 Å². The maximum absolute atomic E-state index is 12.1. The summed E-state index contributed by atoms with van der Waals surface area (Å²) in [6, 6.07) is 9.25. The quantitative estimate of drug-likeness (QED) is 0.390. The van der Waals surface area contributed by atoms with Crippen molar-refractivity contribution in [1.82, 2.24) is 10.2 Å². The first-order valence-corrected chi connectivity index (χ1v) is 8.56. The molecule has 7 heteroatoms. The van der Waals surface area contributed by atoms with E-state index in [0.29, 0.717) is 52.6 Å². The maximum Gasteiger partial charge on any atom is 0.238 e. The van der Waals surface area contributed by atoms with Crippen molar-refractivity contribution in [2.45, 2.75) is 19.4 Å². The van der Waals surface area contributed by atoms with Crippen LogP contribution in [0.15, 0.2) is 30.3 Å². The second kappa shape index (κ2) is 14.2. The van der Waals surface area contributed by atoms with Gasteiger partial charge in [0.25, 0.3) is 0 Å². The van der Waals surface area contributed by atoms with Crippen LogP contribution in [0.4, 0.5) is 0 Å². The molecule has 0 heterocycles. The smallest absolute Gasteiger partial charge is 0.238 e. The van der Waals surface area contributed by atoms with Crippen molar-refractivity contribution in [1.29, 1.82) is 0 Å². The molecule has 0 radical (unpaired) electrons. The SMILES string of the molecule is CCOCCOCCOCCNC(=O)[C@@H](Cc1ccccc1)NCl. The van der Waals surface area contributed by atoms with Gasteiger partial charge in [-0.05, 0) is 30.7 Å². The zero-order chi connectivity index (χ0) is 17.5. The molecule has 0 saturated carbocycles. The summed E-state index contributed by atoms with van der Waals surface area (Å²) in [6.45, 7) is 5.67. The number of benzene rings is 1. The lowest BCUT2D eigenvalue weighted by Gasteiger charge is -2.15. The summed E-state index contributed by atoms with van der Waals surface area (Å²) in [4.78, 5) is 14.6. The Bertz CT molecular complexity index is 434. The molecule has 136 valence electrons. The van der Waals surface area contributed by atoms with Crippen LogP contribution in [0.25, 0.3) is 0 Å². The van der Waals surface area contributed by atoms with Crippen molar-refractivity contribution in [3.63, 3.8) is 0 Å². The molecule has 24 heavy (non-hydrogen) atoms. The van der Waals surface area contributed by atoms with Crippen LogP contribution in [0.5, 0.6) is 0 Å². The lowest BCUT2D eigenvalue weighted by molar-refractivity contribution is -0.122. The van der Waals surface area contributed by atoms with E-state index in [4.69, 9.17) is 26.0 Å². The van der Waals surface area contributed by atoms with Crippen molar-refractivity contribution in [3.05, 3.63) is 35.9 Å². The highest BCUT2D eigenvalue weighted by Gasteiger charge is 2.17. The van der Waals surface area contributed by atoms with Crippen LogP contribution in [0.3, 0.4) is 0 Å². The van der Waals surface area contributed by atoms with E-state index in [1.54, 1.807) is 0 Å². The number of amides is 1. The molecular weight excluding hydrogens is 332 g/mol. The molecule has 0 aliphatic heterocycles. The average Bonchev–Trinajstić information content (AvgIpc) is 2.62. The van der Waals surface area contributed by atoms with Gasteiger partial charge >= 0.3 is 0 Å². The fraction of sp³-hybridized carbons (Fsp3) is 0.588. The average molecular weight is 359 g/mol. The lowest BCUT2D eigenvalue weighted by Crippen LogP contribution is -2.43. The highest BCUT2D eigenvalue weighted by molar-refractivity contribution is 6.15. The molecule has 0 spiro atoms. The predicted molar refractivity (Wildman–Crippen MR) is 94.1 cm³/mol. The highest BCUT2D eigenvalue weighted by atomic mass is 35.5. The van der Waals surface area contributed by atoms with E-state index in [-0.39, 0.29) is 5.91 Å². The highest BCUT2D eigenvalue weighted by Crippen LogP contribution is 2.03. The topological polar surface area (TPSA) is 68.8 Å². The normalized spacial score (nSPS) is 12.1. The summed E-state index contributed by atoms with van der Waals surface area (Å²) in [5, 5.41) is 2.80. The van der Waals surface area contributed by atoms with Gasteiger partial charge in [-0.15, -0.1) is 0 Å². The van der Waals surface area contributed by atoms with Crippen LogP contribution < -0.4 is 10.2 Å². The van der Waals surface area contributed by atoms with Gasteiger partial charge in [-0.3, -0.25) is 4.79 Å². The predicted octanol–water partition coefficient (Wildman–Crippen LogP) is 1.53. The molecule has 0 bridgehead atoms. The van der Waals surface area contributed by atoms with E-state index in [1.165, 1.54) is 0 Å². The van der Waals surface area contributed by atoms with Crippen LogP contribution in [0.1, 0.15) is 12.5 Å². The van der Waals surface area contributed by atoms with E-state index in [0.717, 1.165) is 5.56 Å². The fourth-order valence-electron chi connectivity index (χ4n) is 1.98. The summed E-state index contributed by atoms with van der Waals surface area (Å²) in [6.07, 6.45) is 0.532. The third-order valence-electron chi connectivity index (χ3n) is 3.22. The first-order chi connectivity index (χ1) is 11.8. The number of rotatable bonds is 14. The molecule has 0 saturated heterocycles. The van der Waals surface area contributed by atoms with Crippen LogP contribution in [0, 0.1) is 0 Å². The third-order valence-corrected chi connectivity index (χ3v) is 3.49. The molecule has 0 fully saturated rings. The molecule has 2 N–H and O–H groups in total. The Morgan fingerprint density at radius 2 is 1.67 bits per heavy atom. The molecule has 1 rings (SSSR count). The van der Waals surface area contributed by atoms with Crippen molar-refractivity contribution in [3.8, 4) is 0 Å². The van der Waals surface area contributed by atoms with Gasteiger partial charge in [0.05, 0.1) is 33.0 Å². The minimum absolute atomic E-state index is 0.148. The summed E-state index contributed by atoms with van der Waals surface area (Å²) in [5.74, 6) is -0.148. The Balaban J connectivity index is 2.05. The molecular formula is C17H27ClN2O4. The number of carbonyl (C=O) groups excluding carboxylic acids is 1. The van der Waals surface area contributed by atoms with Gasteiger partial charge in [0.15, 0.2) is 0 Å². The summed E-state index contributed by atoms with van der Waals surface area (Å²) < 4.78 is 15.9. The minimum atomic E-state index is -0.476. The number of ether oxygens (including phenoxy) is 3. The molecule has 0 unspecified atom stereocenters. The number of halogens is 1. The standard InChI is InChI=1S/C17H27ClN2O4/c1-2-22-10-11-24-13-12-23-9-8-19-17(21)16(20-18)14-15-6-4-3-5-7-15/h3-7,16,20H,2,8-14H2,1H3,(H,19,21)/t16-/m1/s1. The van der Waals surface area contributed by atoms with Gasteiger partial charge in [-0.1, -0.05) is 30.3 Å². The first kappa shape index (κ1) is 20.9. The number of hydrogen-bond donors (Lipinski definition) is 2. The third kappa shape index (κ3) is 9.85. The second-order valence-electron chi connectivity index (χ2n) is 5.06. The van der Waals surface area contributed by atoms with E-state index in [9.17, 15) is 4.79 Å². The van der Waals surface area contributed by atoms with E-state index in [1.807, 2.05) is 37.3 Å². The van der Waals surface area contributed by atoms with E-state index in [2.05, 4.69) is 10.2 Å². The van der Waals surface area contributed by atoms with Crippen molar-refractivity contribution in [2.75, 3.05) is 46.2 Å². The van der Waals surface area contributed by atoms with Gasteiger partial charge in [0.1, 0.15) is 6.04 Å². The number of nitrogens with one attached hydrogen (secondary N) is 2. The molecule has 6 nitrogen and oxygen atoms in total. The number of carbonyl (C=O) groups is 1. The Hall–Kier alpha value is -1.18. The molecule has 1 atom stereocenters. The Kier molecular flexibility index (Phi) is 12.3. The second-order valence-corrected chi connectivity index (χ2v) is 5.28. The van der Waals surface area contributed by atoms with Crippen molar-refractivity contribution < 1.29 is 19.0 Å². The van der Waals surface area contributed by atoms with Gasteiger partial charge in [0.2, 0.25) is 5.91 Å². The monoisotopic (exact) mass is 358 g/mol. The van der Waals surface area contributed by atoms with Crippen molar-refractivity contribution >= 4 is 17.7 Å². The largest absolute Gasteiger partial charge is 0.379 e. The molecule has 0 aliphatic rings. The lowest BCUT2D eigenvalue weighted by atomic mass is 10.1. The summed E-state index contributed by atoms with van der Waals surface area (Å²) in [7, 11) is 0. The molecule has 1 aromatic carbocycles. The van der Waals surface area contributed by atoms with E-state index < -0.39 is 6.04 Å². The van der Waals surface area contributed by atoms with Gasteiger partial charge in [-0.25, -0.2) is 4.84 Å². The summed E-state index contributed by atoms with van der Waals surface area (Å²) in [5.41, 5.74) is 1.05. The van der Waals surface area contributed by atoms with Crippen LogP contribution in [-0.2, 0) is 25.4 Å². The minimum Gasteiger partial charge on any atom is -0.379 e. The van der Waals surface area contributed by atoms with Crippen LogP contribution in [-0.4, -0.2) is 58.1 Å². The van der Waals surface area contributed by atoms with Crippen LogP contribution in [0.2, 0.25) is 0 Å². The Morgan fingerprint density at radius 3 is 2.29 bits per heavy atom. The maximum atomic E-state index is 12.1. The fourth-order valence-corrected chi connectivity index (χ4v) is 2.16. The zero-order valence-corrected chi connectivity index (χ0v) is 14.9. The zero-order valence-electron chi connectivity index (χ0n) is 14.1. The van der Waals surface area contributed by atoms with Gasteiger partial charge < -0.3 is 19.5 Å². The van der Waals surface area contributed by atoms with Gasteiger partial charge in [-0.2, -0.15) is 0 Å².